The smallest absolute Gasteiger partial charge is 0.258 e. The number of nitro groups is 2. The van der Waals surface area contributed by atoms with Gasteiger partial charge in [-0.3, -0.25) is 20.2 Å². The Hall–Kier alpha value is -3.30. The second-order valence-corrected chi connectivity index (χ2v) is 27.6. The normalized spacial score (nSPS) is 11.7. The molecule has 0 unspecified atom stereocenters. The fourth-order valence-corrected chi connectivity index (χ4v) is 18.1. The average molecular weight is 1120 g/mol. The zero-order chi connectivity index (χ0) is 51.4. The monoisotopic (exact) mass is 1110 g/mol. The topological polar surface area (TPSA) is 86.3 Å². The van der Waals surface area contributed by atoms with Gasteiger partial charge in [-0.25, -0.2) is 0 Å². The summed E-state index contributed by atoms with van der Waals surface area (Å²) in [5.41, 5.74) is 1.31. The number of nitrogens with zero attached hydrogens (tertiary/aromatic N) is 2. The molecule has 394 valence electrons. The number of rotatable bonds is 36. The van der Waals surface area contributed by atoms with E-state index in [1.807, 2.05) is 45.3 Å². The minimum absolute atomic E-state index is 0.364. The first kappa shape index (κ1) is 57.4. The van der Waals surface area contributed by atoms with Crippen LogP contribution >= 0.6 is 79.4 Å². The molecule has 0 aliphatic carbocycles. The summed E-state index contributed by atoms with van der Waals surface area (Å²) in [6, 6.07) is 22.1. The molecular weight excluding hydrogens is 1040 g/mol. The van der Waals surface area contributed by atoms with Crippen LogP contribution < -0.4 is 0 Å². The van der Waals surface area contributed by atoms with Crippen LogP contribution in [-0.4, -0.2) is 9.85 Å². The van der Waals surface area contributed by atoms with Gasteiger partial charge in [-0.15, -0.1) is 79.4 Å². The maximum atomic E-state index is 13.3. The maximum Gasteiger partial charge on any atom is 0.366 e. The van der Waals surface area contributed by atoms with Crippen molar-refractivity contribution in [2.75, 3.05) is 0 Å². The highest BCUT2D eigenvalue weighted by Crippen LogP contribution is 2.58. The lowest BCUT2D eigenvalue weighted by molar-refractivity contribution is -0.420. The Morgan fingerprint density at radius 1 is 0.315 bits per heavy atom. The Labute approximate surface area is 464 Å². The third-order valence-corrected chi connectivity index (χ3v) is 22.7. The second kappa shape index (κ2) is 30.4. The summed E-state index contributed by atoms with van der Waals surface area (Å²) in [5, 5.41) is 26.7. The van der Waals surface area contributed by atoms with Gasteiger partial charge in [0.05, 0.1) is 29.4 Å². The molecule has 0 atom stereocenters. The molecule has 0 aliphatic heterocycles. The van der Waals surface area contributed by atoms with Crippen LogP contribution in [0.3, 0.4) is 0 Å². The lowest BCUT2D eigenvalue weighted by Crippen LogP contribution is -1.95. The van der Waals surface area contributed by atoms with Gasteiger partial charge in [-0.05, 0) is 112 Å². The summed E-state index contributed by atoms with van der Waals surface area (Å²) in [5.74, 6) is 0. The fourth-order valence-electron chi connectivity index (χ4n) is 9.73. The molecule has 0 aliphatic rings. The molecule has 0 fully saturated rings. The number of hydrogen-bond acceptors (Lipinski definition) is 11. The van der Waals surface area contributed by atoms with E-state index in [0.717, 1.165) is 78.9 Å². The summed E-state index contributed by atoms with van der Waals surface area (Å²) in [4.78, 5) is 40.0. The molecule has 0 bridgehead atoms. The van der Waals surface area contributed by atoms with E-state index in [0.29, 0.717) is 19.5 Å². The Bertz CT molecular complexity index is 2430. The van der Waals surface area contributed by atoms with E-state index < -0.39 is 21.2 Å². The summed E-state index contributed by atoms with van der Waals surface area (Å²) < 4.78 is 0. The molecule has 13 heteroatoms. The highest BCUT2D eigenvalue weighted by molar-refractivity contribution is 7.31. The van der Waals surface area contributed by atoms with Crippen molar-refractivity contribution in [1.82, 2.24) is 0 Å². The van der Waals surface area contributed by atoms with Gasteiger partial charge in [0.1, 0.15) is 9.75 Å². The average Bonchev–Trinajstić information content (AvgIpc) is 4.25. The molecule has 6 nitrogen and oxygen atoms in total. The predicted octanol–water partition coefficient (Wildman–Crippen LogP) is 23.5. The Morgan fingerprint density at radius 2 is 0.589 bits per heavy atom. The highest BCUT2D eigenvalue weighted by Gasteiger charge is 2.40. The van der Waals surface area contributed by atoms with Crippen molar-refractivity contribution in [2.45, 2.75) is 207 Å². The predicted molar refractivity (Wildman–Crippen MR) is 326 cm³/mol. The molecule has 73 heavy (non-hydrogen) atoms. The molecule has 0 aromatic carbocycles. The van der Waals surface area contributed by atoms with E-state index in [-0.39, 0.29) is 0 Å². The van der Waals surface area contributed by atoms with E-state index in [9.17, 15) is 20.2 Å². The largest absolute Gasteiger partial charge is 0.366 e. The van der Waals surface area contributed by atoms with Gasteiger partial charge >= 0.3 is 11.4 Å². The van der Waals surface area contributed by atoms with Crippen molar-refractivity contribution >= 4 is 90.7 Å². The number of thiophene rings is 7. The summed E-state index contributed by atoms with van der Waals surface area (Å²) >= 11 is 11.6. The van der Waals surface area contributed by atoms with Gasteiger partial charge in [-0.2, -0.15) is 0 Å². The van der Waals surface area contributed by atoms with Crippen molar-refractivity contribution < 1.29 is 9.85 Å². The first-order valence-electron chi connectivity index (χ1n) is 27.8. The van der Waals surface area contributed by atoms with Gasteiger partial charge in [0.2, 0.25) is 0 Å². The van der Waals surface area contributed by atoms with Crippen LogP contribution in [0, 0.1) is 20.2 Å². The van der Waals surface area contributed by atoms with Crippen molar-refractivity contribution in [1.29, 1.82) is 0 Å². The van der Waals surface area contributed by atoms with E-state index in [2.05, 4.69) is 88.4 Å². The standard InChI is InChI=1S/C60H78N2O4S7/c1-5-9-13-17-21-25-29-43-33-37-49(67-43)47-41-53(71-57(47)51-39-35-45(69-51)31-27-23-19-15-11-7-3)59-55(61(63)64)56(62(65)66)60(73-59)54-42-48(50-38-34-44(68-50)30-26-22-18-14-10-6-2)58(72-54)52-40-36-46(70-52)32-28-24-20-16-12-8-4/h33-42H,5-32H2,1-4H3. The molecule has 0 amide bonds. The van der Waals surface area contributed by atoms with Gasteiger partial charge in [-0.1, -0.05) is 156 Å². The van der Waals surface area contributed by atoms with Crippen molar-refractivity contribution in [3.8, 4) is 59.9 Å². The Morgan fingerprint density at radius 3 is 0.890 bits per heavy atom. The summed E-state index contributed by atoms with van der Waals surface area (Å²) in [6.07, 6.45) is 34.2. The van der Waals surface area contributed by atoms with Gasteiger partial charge in [0, 0.05) is 50.1 Å². The minimum Gasteiger partial charge on any atom is -0.258 e. The summed E-state index contributed by atoms with van der Waals surface area (Å²) in [6.45, 7) is 9.02. The van der Waals surface area contributed by atoms with Gasteiger partial charge in [0.15, 0.2) is 0 Å². The molecule has 0 saturated carbocycles. The van der Waals surface area contributed by atoms with Crippen LogP contribution in [0.4, 0.5) is 11.4 Å². The maximum absolute atomic E-state index is 13.3. The molecule has 7 rings (SSSR count). The van der Waals surface area contributed by atoms with Crippen LogP contribution in [-0.2, 0) is 25.7 Å². The molecule has 0 spiro atoms. The Balaban J connectivity index is 1.26. The van der Waals surface area contributed by atoms with Crippen molar-refractivity contribution in [3.63, 3.8) is 0 Å². The van der Waals surface area contributed by atoms with Crippen LogP contribution in [0.5, 0.6) is 0 Å². The molecule has 7 aromatic rings. The van der Waals surface area contributed by atoms with Crippen LogP contribution in [0.2, 0.25) is 0 Å². The summed E-state index contributed by atoms with van der Waals surface area (Å²) in [7, 11) is 0. The van der Waals surface area contributed by atoms with Crippen molar-refractivity contribution in [2.24, 2.45) is 0 Å². The molecule has 0 saturated heterocycles. The Kier molecular flexibility index (Phi) is 23.9. The molecule has 7 aromatic heterocycles. The molecular formula is C60H78N2O4S7. The quantitative estimate of drug-likeness (QED) is 0.0222. The van der Waals surface area contributed by atoms with Crippen LogP contribution in [0.15, 0.2) is 60.7 Å². The van der Waals surface area contributed by atoms with Crippen LogP contribution in [0.1, 0.15) is 201 Å². The first-order valence-corrected chi connectivity index (χ1v) is 33.5. The van der Waals surface area contributed by atoms with Crippen molar-refractivity contribution in [3.05, 3.63) is 100 Å². The third-order valence-electron chi connectivity index (χ3n) is 13.9. The van der Waals surface area contributed by atoms with Gasteiger partial charge < -0.3 is 0 Å². The van der Waals surface area contributed by atoms with E-state index in [1.165, 1.54) is 172 Å². The van der Waals surface area contributed by atoms with Gasteiger partial charge in [0.25, 0.3) is 0 Å². The fraction of sp³-hybridized carbons (Fsp3) is 0.533. The number of aryl methyl sites for hydroxylation is 4. The van der Waals surface area contributed by atoms with E-state index >= 15 is 0 Å². The lowest BCUT2D eigenvalue weighted by Gasteiger charge is -2.01. The van der Waals surface area contributed by atoms with E-state index in [4.69, 9.17) is 0 Å². The molecule has 7 heterocycles. The third kappa shape index (κ3) is 16.4. The highest BCUT2D eigenvalue weighted by atomic mass is 32.1. The van der Waals surface area contributed by atoms with E-state index in [1.54, 1.807) is 22.7 Å². The SMILES string of the molecule is CCCCCCCCc1ccc(-c2cc(-c3sc(-c4cc(-c5ccc(CCCCCCCC)s5)c(-c5ccc(CCCCCCCC)s5)s4)c([N+](=O)[O-])c3[N+](=O)[O-])sc2-c2ccc(CCCCCCCC)s2)s1. The van der Waals surface area contributed by atoms with Crippen LogP contribution in [0.25, 0.3) is 59.9 Å². The second-order valence-electron chi connectivity index (χ2n) is 19.8. The molecule has 0 N–H and O–H groups in total. The zero-order valence-electron chi connectivity index (χ0n) is 44.0. The zero-order valence-corrected chi connectivity index (χ0v) is 49.7. The number of hydrogen-bond donors (Lipinski definition) is 0. The molecule has 0 radical (unpaired) electrons. The first-order chi connectivity index (χ1) is 35.7. The lowest BCUT2D eigenvalue weighted by atomic mass is 10.1. The minimum atomic E-state index is -0.503. The number of unbranched alkanes of at least 4 members (excludes halogenated alkanes) is 20.